The van der Waals surface area contributed by atoms with E-state index in [1.165, 1.54) is 12.1 Å². The lowest BCUT2D eigenvalue weighted by Gasteiger charge is -2.21. The summed E-state index contributed by atoms with van der Waals surface area (Å²) in [4.78, 5) is 16.2. The molecule has 116 valence electrons. The second-order valence-corrected chi connectivity index (χ2v) is 6.16. The average Bonchev–Trinajstić information content (AvgIpc) is 2.42. The number of hydrogen-bond acceptors (Lipinski definition) is 3. The Hall–Kier alpha value is -2.43. The number of rotatable bonds is 4. The lowest BCUT2D eigenvalue weighted by atomic mass is 10.1. The molecule has 0 aliphatic carbocycles. The molecule has 2 N–H and O–H groups in total. The highest BCUT2D eigenvalue weighted by atomic mass is 19.1. The molecule has 2 rings (SSSR count). The van der Waals surface area contributed by atoms with E-state index in [1.807, 2.05) is 26.8 Å². The van der Waals surface area contributed by atoms with Crippen molar-refractivity contribution >= 4 is 17.4 Å². The van der Waals surface area contributed by atoms with Crippen molar-refractivity contribution in [2.24, 2.45) is 0 Å². The number of hydrogen-bond donors (Lipinski definition) is 2. The summed E-state index contributed by atoms with van der Waals surface area (Å²) in [6, 6.07) is 9.50. The van der Waals surface area contributed by atoms with Crippen LogP contribution >= 0.6 is 0 Å². The van der Waals surface area contributed by atoms with Crippen LogP contribution in [0.15, 0.2) is 42.6 Å². The van der Waals surface area contributed by atoms with Crippen LogP contribution in [0, 0.1) is 5.82 Å². The number of nitrogens with zero attached hydrogens (tertiary/aromatic N) is 1. The first-order chi connectivity index (χ1) is 10.3. The first-order valence-corrected chi connectivity index (χ1v) is 7.10. The van der Waals surface area contributed by atoms with Gasteiger partial charge in [0.25, 0.3) is 0 Å². The standard InChI is InChI=1S/C17H20FN3O/c1-17(2,3)21-15-9-8-14(11-19-15)20-16(22)10-12-4-6-13(18)7-5-12/h4-9,11H,10H2,1-3H3,(H,19,21)(H,20,22). The molecule has 0 spiro atoms. The molecule has 1 aromatic heterocycles. The molecule has 0 saturated heterocycles. The van der Waals surface area contributed by atoms with Crippen molar-refractivity contribution in [3.8, 4) is 0 Å². The zero-order chi connectivity index (χ0) is 16.2. The summed E-state index contributed by atoms with van der Waals surface area (Å²) in [6.07, 6.45) is 1.80. The van der Waals surface area contributed by atoms with Gasteiger partial charge in [-0.05, 0) is 50.6 Å². The van der Waals surface area contributed by atoms with Crippen LogP contribution in [0.3, 0.4) is 0 Å². The molecule has 22 heavy (non-hydrogen) atoms. The van der Waals surface area contributed by atoms with E-state index in [9.17, 15) is 9.18 Å². The highest BCUT2D eigenvalue weighted by molar-refractivity contribution is 5.92. The first kappa shape index (κ1) is 15.9. The fraction of sp³-hybridized carbons (Fsp3) is 0.294. The summed E-state index contributed by atoms with van der Waals surface area (Å²) in [6.45, 7) is 6.15. The number of carbonyl (C=O) groups is 1. The molecule has 0 unspecified atom stereocenters. The number of halogens is 1. The maximum Gasteiger partial charge on any atom is 0.228 e. The van der Waals surface area contributed by atoms with Gasteiger partial charge in [-0.3, -0.25) is 4.79 Å². The van der Waals surface area contributed by atoms with E-state index in [0.29, 0.717) is 5.69 Å². The highest BCUT2D eigenvalue weighted by Crippen LogP contribution is 2.14. The molecule has 1 amide bonds. The van der Waals surface area contributed by atoms with E-state index in [2.05, 4.69) is 15.6 Å². The molecule has 1 heterocycles. The SMILES string of the molecule is CC(C)(C)Nc1ccc(NC(=O)Cc2ccc(F)cc2)cn1. The van der Waals surface area contributed by atoms with Crippen LogP contribution in [-0.4, -0.2) is 16.4 Å². The number of amides is 1. The zero-order valence-electron chi connectivity index (χ0n) is 13.0. The molecule has 0 radical (unpaired) electrons. The maximum absolute atomic E-state index is 12.8. The van der Waals surface area contributed by atoms with Gasteiger partial charge >= 0.3 is 0 Å². The second kappa shape index (κ2) is 6.56. The normalized spacial score (nSPS) is 11.1. The third-order valence-corrected chi connectivity index (χ3v) is 2.83. The molecule has 4 nitrogen and oxygen atoms in total. The van der Waals surface area contributed by atoms with Gasteiger partial charge in [0.1, 0.15) is 11.6 Å². The Morgan fingerprint density at radius 2 is 1.82 bits per heavy atom. The van der Waals surface area contributed by atoms with Crippen molar-refractivity contribution < 1.29 is 9.18 Å². The van der Waals surface area contributed by atoms with Crippen molar-refractivity contribution in [1.29, 1.82) is 0 Å². The maximum atomic E-state index is 12.8. The predicted octanol–water partition coefficient (Wildman–Crippen LogP) is 3.61. The van der Waals surface area contributed by atoms with Crippen molar-refractivity contribution in [3.63, 3.8) is 0 Å². The number of pyridine rings is 1. The zero-order valence-corrected chi connectivity index (χ0v) is 13.0. The molecular formula is C17H20FN3O. The summed E-state index contributed by atoms with van der Waals surface area (Å²) >= 11 is 0. The van der Waals surface area contributed by atoms with Crippen molar-refractivity contribution in [2.75, 3.05) is 10.6 Å². The third kappa shape index (κ3) is 5.16. The lowest BCUT2D eigenvalue weighted by Crippen LogP contribution is -2.26. The van der Waals surface area contributed by atoms with Crippen molar-refractivity contribution in [1.82, 2.24) is 4.98 Å². The highest BCUT2D eigenvalue weighted by Gasteiger charge is 2.10. The Labute approximate surface area is 129 Å². The van der Waals surface area contributed by atoms with Crippen LogP contribution in [-0.2, 0) is 11.2 Å². The Morgan fingerprint density at radius 3 is 2.36 bits per heavy atom. The molecule has 0 aliphatic heterocycles. The first-order valence-electron chi connectivity index (χ1n) is 7.10. The monoisotopic (exact) mass is 301 g/mol. The smallest absolute Gasteiger partial charge is 0.228 e. The summed E-state index contributed by atoms with van der Waals surface area (Å²) in [5, 5.41) is 6.02. The molecule has 5 heteroatoms. The van der Waals surface area contributed by atoms with E-state index < -0.39 is 0 Å². The second-order valence-electron chi connectivity index (χ2n) is 6.16. The van der Waals surface area contributed by atoms with Gasteiger partial charge in [0.15, 0.2) is 0 Å². The summed E-state index contributed by atoms with van der Waals surface area (Å²) < 4.78 is 12.8. The molecule has 0 atom stereocenters. The van der Waals surface area contributed by atoms with Gasteiger partial charge in [-0.2, -0.15) is 0 Å². The van der Waals surface area contributed by atoms with Gasteiger partial charge in [0.2, 0.25) is 5.91 Å². The van der Waals surface area contributed by atoms with E-state index >= 15 is 0 Å². The number of aromatic nitrogens is 1. The van der Waals surface area contributed by atoms with Crippen molar-refractivity contribution in [2.45, 2.75) is 32.7 Å². The van der Waals surface area contributed by atoms with Gasteiger partial charge in [-0.25, -0.2) is 9.37 Å². The number of benzene rings is 1. The molecule has 0 saturated carbocycles. The summed E-state index contributed by atoms with van der Waals surface area (Å²) in [5.74, 6) is 0.282. The number of carbonyl (C=O) groups excluding carboxylic acids is 1. The third-order valence-electron chi connectivity index (χ3n) is 2.83. The Morgan fingerprint density at radius 1 is 1.14 bits per heavy atom. The Kier molecular flexibility index (Phi) is 4.75. The van der Waals surface area contributed by atoms with E-state index in [4.69, 9.17) is 0 Å². The molecule has 0 bridgehead atoms. The minimum Gasteiger partial charge on any atom is -0.365 e. The minimum atomic E-state index is -0.310. The van der Waals surface area contributed by atoms with Crippen molar-refractivity contribution in [3.05, 3.63) is 54.0 Å². The van der Waals surface area contributed by atoms with E-state index in [0.717, 1.165) is 11.4 Å². The van der Waals surface area contributed by atoms with Gasteiger partial charge < -0.3 is 10.6 Å². The molecular weight excluding hydrogens is 281 g/mol. The predicted molar refractivity (Wildman–Crippen MR) is 86.3 cm³/mol. The van der Waals surface area contributed by atoms with Crippen LogP contribution in [0.2, 0.25) is 0 Å². The van der Waals surface area contributed by atoms with Crippen LogP contribution in [0.5, 0.6) is 0 Å². The largest absolute Gasteiger partial charge is 0.365 e. The van der Waals surface area contributed by atoms with Gasteiger partial charge in [0.05, 0.1) is 18.3 Å². The van der Waals surface area contributed by atoms with E-state index in [-0.39, 0.29) is 23.7 Å². The van der Waals surface area contributed by atoms with Gasteiger partial charge in [-0.15, -0.1) is 0 Å². The summed E-state index contributed by atoms with van der Waals surface area (Å²) in [7, 11) is 0. The summed E-state index contributed by atoms with van der Waals surface area (Å²) in [5.41, 5.74) is 1.32. The molecule has 2 aromatic rings. The van der Waals surface area contributed by atoms with Gasteiger partial charge in [-0.1, -0.05) is 12.1 Å². The average molecular weight is 301 g/mol. The molecule has 0 fully saturated rings. The Balaban J connectivity index is 1.93. The van der Waals surface area contributed by atoms with Crippen LogP contribution < -0.4 is 10.6 Å². The Bertz CT molecular complexity index is 630. The fourth-order valence-corrected chi connectivity index (χ4v) is 1.92. The topological polar surface area (TPSA) is 54.0 Å². The number of nitrogens with one attached hydrogen (secondary N) is 2. The van der Waals surface area contributed by atoms with Crippen LogP contribution in [0.1, 0.15) is 26.3 Å². The lowest BCUT2D eigenvalue weighted by molar-refractivity contribution is -0.115. The van der Waals surface area contributed by atoms with E-state index in [1.54, 1.807) is 24.4 Å². The van der Waals surface area contributed by atoms with Crippen LogP contribution in [0.25, 0.3) is 0 Å². The minimum absolute atomic E-state index is 0.0691. The number of anilines is 2. The van der Waals surface area contributed by atoms with Crippen LogP contribution in [0.4, 0.5) is 15.9 Å². The molecule has 1 aromatic carbocycles. The molecule has 0 aliphatic rings. The quantitative estimate of drug-likeness (QED) is 0.907. The van der Waals surface area contributed by atoms with Gasteiger partial charge in [0, 0.05) is 5.54 Å². The fourth-order valence-electron chi connectivity index (χ4n) is 1.92.